The molecule has 1 aliphatic rings. The van der Waals surface area contributed by atoms with Gasteiger partial charge in [0, 0.05) is 96.4 Å². The van der Waals surface area contributed by atoms with Crippen molar-refractivity contribution < 1.29 is 23.4 Å². The highest BCUT2D eigenvalue weighted by Crippen LogP contribution is 2.34. The Morgan fingerprint density at radius 2 is 1.05 bits per heavy atom. The lowest BCUT2D eigenvalue weighted by molar-refractivity contribution is 0.0523. The number of nitrogens with zero attached hydrogens (tertiary/aromatic N) is 20. The fourth-order valence-electron chi connectivity index (χ4n) is 12.1. The molecule has 0 aliphatic heterocycles. The van der Waals surface area contributed by atoms with E-state index in [0.29, 0.717) is 107 Å². The molecule has 4 aromatic carbocycles. The van der Waals surface area contributed by atoms with Crippen LogP contribution in [0.3, 0.4) is 0 Å². The Labute approximate surface area is 622 Å². The normalized spacial score (nSPS) is 12.6. The maximum absolute atomic E-state index is 13.9. The van der Waals surface area contributed by atoms with Gasteiger partial charge in [-0.3, -0.25) is 14.0 Å². The minimum atomic E-state index is -0.804. The number of anilines is 8. The second-order valence-electron chi connectivity index (χ2n) is 28.1. The lowest BCUT2D eigenvalue weighted by Crippen LogP contribution is -2.32. The van der Waals surface area contributed by atoms with Crippen LogP contribution in [0, 0.1) is 19.1 Å². The smallest absolute Gasteiger partial charge is 0.407 e. The molecule has 30 nitrogen and oxygen atoms in total. The molecule has 14 aromatic rings. The number of aryl methyl sites for hydroxylation is 6. The lowest BCUT2D eigenvalue weighted by Gasteiger charge is -2.19. The Hall–Kier alpha value is -12.6. The zero-order valence-electron chi connectivity index (χ0n) is 62.4. The fraction of sp³-hybridized carbons (Fsp3) is 0.329. The summed E-state index contributed by atoms with van der Waals surface area (Å²) in [5.41, 5.74) is 11.0. The molecule has 108 heavy (non-hydrogen) atoms. The average Bonchev–Trinajstić information content (AvgIpc) is 1.64. The molecule has 8 N–H and O–H groups in total. The zero-order valence-corrected chi connectivity index (χ0v) is 62.4. The number of alkyl carbamates (subject to hydrolysis) is 1. The predicted octanol–water partition coefficient (Wildman–Crippen LogP) is 12.9. The highest BCUT2D eigenvalue weighted by atomic mass is 19.1. The highest BCUT2D eigenvalue weighted by Gasteiger charge is 2.25. The van der Waals surface area contributed by atoms with Crippen LogP contribution in [0.1, 0.15) is 119 Å². The van der Waals surface area contributed by atoms with E-state index in [-0.39, 0.29) is 18.1 Å². The first-order valence-corrected chi connectivity index (χ1v) is 35.4. The van der Waals surface area contributed by atoms with Gasteiger partial charge >= 0.3 is 18.2 Å². The standard InChI is InChI=1S/C22H28N8O.C19H23FN6O2.C18H20N8.C17H18FN5/c1-22(2,3)16-11-17(28-30(16)5)25-19-18-20(29(4)13-23-18)27-21(26-19)24-15(12-31)14-9-7-6-8-10-14;1-19(2,3)28-18(27)22-10-13-7-5-12(6-8-13)9-21-15-14-16(25-17(20)24-15)26(4)11-23-14;1-12-9-15(24-25(12)2)21-16-14-11-20-26(3)17(14)23-18(22-16)19-10-13-7-5-4-6-8-13;18-17-21-15(19-10-12-6-2-1-3-7-12)14-16(22-17)23(11-20-14)13-8-4-5-9-13/h6-11,13,15,31H,12H2,1-5H3,(H2,24,25,26,27,28);5-8,11H,9-10H2,1-4H3,(H,22,27)(H,21,24,25);4-9,11H,10H2,1-3H3,(H2,19,21,22,23,24);1-3,6-7,11,13H,4-5,8-10H2,(H,19,21,22)/t15-;;;/m1.../s1. The second-order valence-corrected chi connectivity index (χ2v) is 28.1. The number of amides is 1. The molecule has 32 heteroatoms. The molecule has 10 heterocycles. The molecule has 0 unspecified atom stereocenters. The van der Waals surface area contributed by atoms with E-state index in [1.807, 2.05) is 190 Å². The van der Waals surface area contributed by atoms with Gasteiger partial charge in [0.25, 0.3) is 0 Å². The number of carbonyl (C=O) groups is 1. The summed E-state index contributed by atoms with van der Waals surface area (Å²) in [5.74, 6) is 4.39. The van der Waals surface area contributed by atoms with Crippen LogP contribution >= 0.6 is 0 Å². The van der Waals surface area contributed by atoms with Crippen molar-refractivity contribution in [2.24, 2.45) is 35.2 Å². The first-order valence-electron chi connectivity index (χ1n) is 35.4. The molecule has 0 spiro atoms. The summed E-state index contributed by atoms with van der Waals surface area (Å²) in [5, 5.41) is 46.2. The summed E-state index contributed by atoms with van der Waals surface area (Å²) in [6.07, 6.45) is 9.43. The third-order valence-corrected chi connectivity index (χ3v) is 17.7. The number of hydrogen-bond donors (Lipinski definition) is 8. The molecule has 1 saturated carbocycles. The number of aliphatic hydroxyl groups excluding tert-OH is 1. The number of nitrogens with one attached hydrogen (secondary N) is 7. The minimum Gasteiger partial charge on any atom is -0.444 e. The van der Waals surface area contributed by atoms with E-state index >= 15 is 0 Å². The van der Waals surface area contributed by atoms with Gasteiger partial charge < -0.3 is 60.8 Å². The first-order chi connectivity index (χ1) is 51.9. The number of aliphatic hydroxyl groups is 1. The number of carbonyl (C=O) groups excluding carboxylic acids is 1. The minimum absolute atomic E-state index is 0.0373. The molecular weight excluding hydrogens is 1380 g/mol. The quantitative estimate of drug-likeness (QED) is 0.0329. The van der Waals surface area contributed by atoms with Crippen molar-refractivity contribution in [3.63, 3.8) is 0 Å². The molecule has 1 fully saturated rings. The molecule has 15 rings (SSSR count). The SMILES string of the molecule is Cc1cc(Nc2nc(NCc3ccccc3)nc3c2cnn3C)nn1C.Cn1cnc2c(NCc3ccc(CNC(=O)OC(C)(C)C)cc3)nc(F)nc21.Cn1nc(Nc2nc(N[C@H](CO)c3ccccc3)nc3c2ncn3C)cc1C(C)(C)C.Fc1nc(NCc2ccccc2)c2ncn(C3CCCC3)c2n1. The monoisotopic (exact) mass is 1470 g/mol. The summed E-state index contributed by atoms with van der Waals surface area (Å²) in [6, 6.07) is 41.5. The van der Waals surface area contributed by atoms with E-state index in [9.17, 15) is 18.7 Å². The van der Waals surface area contributed by atoms with Crippen molar-refractivity contribution in [2.75, 3.05) is 38.5 Å². The maximum atomic E-state index is 13.9. The molecule has 1 amide bonds. The van der Waals surface area contributed by atoms with Crippen LogP contribution < -0.4 is 37.2 Å². The third kappa shape index (κ3) is 18.9. The number of fused-ring (bicyclic) bond motifs is 4. The number of halogens is 2. The molecule has 10 aromatic heterocycles. The Morgan fingerprint density at radius 3 is 1.62 bits per heavy atom. The summed E-state index contributed by atoms with van der Waals surface area (Å²) in [4.78, 5) is 58.7. The maximum Gasteiger partial charge on any atom is 0.407 e. The number of hydrogen-bond acceptors (Lipinski definition) is 23. The van der Waals surface area contributed by atoms with E-state index in [1.165, 1.54) is 12.8 Å². The van der Waals surface area contributed by atoms with Crippen molar-refractivity contribution in [3.05, 3.63) is 204 Å². The second kappa shape index (κ2) is 33.2. The lowest BCUT2D eigenvalue weighted by atomic mass is 9.92. The van der Waals surface area contributed by atoms with E-state index in [2.05, 4.69) is 140 Å². The van der Waals surface area contributed by atoms with Gasteiger partial charge in [-0.25, -0.2) is 19.7 Å². The van der Waals surface area contributed by atoms with E-state index < -0.39 is 23.9 Å². The number of imidazole rings is 3. The Balaban J connectivity index is 0.000000135. The van der Waals surface area contributed by atoms with Crippen LogP contribution in [0.15, 0.2) is 153 Å². The number of rotatable bonds is 20. The summed E-state index contributed by atoms with van der Waals surface area (Å²) in [6.45, 7) is 15.8. The first kappa shape index (κ1) is 75.1. The predicted molar refractivity (Wildman–Crippen MR) is 412 cm³/mol. The van der Waals surface area contributed by atoms with Crippen LogP contribution in [0.25, 0.3) is 44.5 Å². The van der Waals surface area contributed by atoms with Crippen LogP contribution in [0.2, 0.25) is 0 Å². The molecule has 560 valence electrons. The van der Waals surface area contributed by atoms with Crippen LogP contribution in [-0.4, -0.2) is 121 Å². The van der Waals surface area contributed by atoms with Crippen molar-refractivity contribution in [2.45, 2.75) is 123 Å². The van der Waals surface area contributed by atoms with Gasteiger partial charge in [-0.2, -0.15) is 63.9 Å². The third-order valence-electron chi connectivity index (χ3n) is 17.7. The van der Waals surface area contributed by atoms with Crippen molar-refractivity contribution in [3.8, 4) is 0 Å². The molecule has 0 bridgehead atoms. The Bertz CT molecular complexity index is 5330. The van der Waals surface area contributed by atoms with Crippen molar-refractivity contribution in [1.29, 1.82) is 0 Å². The summed E-state index contributed by atoms with van der Waals surface area (Å²) < 4.78 is 43.6. The van der Waals surface area contributed by atoms with Crippen molar-refractivity contribution >= 4 is 97.4 Å². The van der Waals surface area contributed by atoms with Gasteiger partial charge in [0.05, 0.1) is 43.2 Å². The van der Waals surface area contributed by atoms with Gasteiger partial charge in [0.2, 0.25) is 11.9 Å². The average molecular weight is 1470 g/mol. The van der Waals surface area contributed by atoms with Gasteiger partial charge in [-0.1, -0.05) is 149 Å². The molecule has 0 radical (unpaired) electrons. The molecule has 1 aliphatic carbocycles. The summed E-state index contributed by atoms with van der Waals surface area (Å²) >= 11 is 0. The van der Waals surface area contributed by atoms with E-state index in [1.54, 1.807) is 41.5 Å². The van der Waals surface area contributed by atoms with Crippen LogP contribution in [0.4, 0.5) is 60.4 Å². The van der Waals surface area contributed by atoms with E-state index in [4.69, 9.17) is 4.74 Å². The number of ether oxygens (including phenoxy) is 1. The van der Waals surface area contributed by atoms with Crippen LogP contribution in [0.5, 0.6) is 0 Å². The van der Waals surface area contributed by atoms with Gasteiger partial charge in [-0.05, 0) is 68.4 Å². The summed E-state index contributed by atoms with van der Waals surface area (Å²) in [7, 11) is 9.34. The Kier molecular flexibility index (Phi) is 23.1. The van der Waals surface area contributed by atoms with Gasteiger partial charge in [0.1, 0.15) is 11.4 Å². The van der Waals surface area contributed by atoms with E-state index in [0.717, 1.165) is 68.9 Å². The largest absolute Gasteiger partial charge is 0.444 e. The highest BCUT2D eigenvalue weighted by molar-refractivity contribution is 5.90. The van der Waals surface area contributed by atoms with Gasteiger partial charge in [-0.15, -0.1) is 0 Å². The van der Waals surface area contributed by atoms with Gasteiger partial charge in [0.15, 0.2) is 68.2 Å². The molecular formula is C76H89F2N27O3. The van der Waals surface area contributed by atoms with Crippen LogP contribution in [-0.2, 0) is 71.6 Å². The molecule has 1 atom stereocenters. The van der Waals surface area contributed by atoms with Crippen molar-refractivity contribution in [1.82, 2.24) is 103 Å². The number of aromatic nitrogens is 20. The number of benzene rings is 4. The Morgan fingerprint density at radius 1 is 0.546 bits per heavy atom. The fourth-order valence-corrected chi connectivity index (χ4v) is 12.1. The molecule has 0 saturated heterocycles. The zero-order chi connectivity index (χ0) is 76.2. The topological polar surface area (TPSA) is 341 Å².